The largest absolute Gasteiger partial charge is 0.491 e. The minimum Gasteiger partial charge on any atom is -0.400 e. The molecule has 7 heteroatoms. The second kappa shape index (κ2) is 5.55. The Morgan fingerprint density at radius 2 is 1.83 bits per heavy atom. The van der Waals surface area contributed by atoms with Crippen LogP contribution in [-0.2, 0) is 14.1 Å². The Hall–Kier alpha value is -1.96. The fourth-order valence-electron chi connectivity index (χ4n) is 2.73. The third-order valence-corrected chi connectivity index (χ3v) is 4.92. The first-order chi connectivity index (χ1) is 11.2. The molecule has 2 aliphatic heterocycles. The minimum absolute atomic E-state index is 0.238. The number of fused-ring (bicyclic) bond motifs is 1. The van der Waals surface area contributed by atoms with Crippen LogP contribution < -0.4 is 11.1 Å². The summed E-state index contributed by atoms with van der Waals surface area (Å²) in [6.07, 6.45) is 1.82. The molecule has 0 aromatic heterocycles. The molecular weight excluding hydrogens is 307 g/mol. The van der Waals surface area contributed by atoms with Crippen LogP contribution in [0.25, 0.3) is 6.08 Å². The van der Waals surface area contributed by atoms with E-state index in [2.05, 4.69) is 5.32 Å². The van der Waals surface area contributed by atoms with Crippen LogP contribution in [0.4, 0.5) is 5.69 Å². The number of amides is 1. The number of carbonyl (C=O) groups is 2. The Morgan fingerprint density at radius 1 is 1.21 bits per heavy atom. The van der Waals surface area contributed by atoms with Crippen molar-refractivity contribution in [3.8, 4) is 0 Å². The fraction of sp³-hybridized carbons (Fsp3) is 0.412. The maximum atomic E-state index is 11.8. The normalized spacial score (nSPS) is 21.9. The number of anilines is 1. The van der Waals surface area contributed by atoms with E-state index in [9.17, 15) is 9.59 Å². The van der Waals surface area contributed by atoms with E-state index in [0.717, 1.165) is 5.47 Å². The van der Waals surface area contributed by atoms with E-state index in [1.54, 1.807) is 12.1 Å². The minimum atomic E-state index is -0.615. The standard InChI is InChI=1S/C17H21BN2O4/c1-16(2)17(3,4)24-18(23-16)11(9-19)8-10-6-5-7-12-13(10)20-15(22)14(12)21/h5-8H,9,19H2,1-4H3,(H,20,21,22). The lowest BCUT2D eigenvalue weighted by atomic mass is 9.77. The zero-order valence-electron chi connectivity index (χ0n) is 14.3. The third-order valence-electron chi connectivity index (χ3n) is 4.92. The quantitative estimate of drug-likeness (QED) is 0.652. The highest BCUT2D eigenvalue weighted by molar-refractivity contribution is 6.56. The molecule has 24 heavy (non-hydrogen) atoms. The van der Waals surface area contributed by atoms with Crippen molar-refractivity contribution < 1.29 is 18.9 Å². The van der Waals surface area contributed by atoms with Crippen LogP contribution in [0.15, 0.2) is 23.7 Å². The molecule has 0 aliphatic carbocycles. The first-order valence-electron chi connectivity index (χ1n) is 7.91. The van der Waals surface area contributed by atoms with Gasteiger partial charge in [0.1, 0.15) is 0 Å². The van der Waals surface area contributed by atoms with Crippen molar-refractivity contribution in [2.45, 2.75) is 38.9 Å². The number of nitrogens with two attached hydrogens (primary N) is 1. The van der Waals surface area contributed by atoms with Gasteiger partial charge >= 0.3 is 7.12 Å². The number of hydrogen-bond donors (Lipinski definition) is 2. The Kier molecular flexibility index (Phi) is 3.90. The number of hydrogen-bond acceptors (Lipinski definition) is 5. The molecule has 126 valence electrons. The van der Waals surface area contributed by atoms with Gasteiger partial charge in [-0.3, -0.25) is 9.59 Å². The molecule has 1 saturated heterocycles. The van der Waals surface area contributed by atoms with E-state index in [1.165, 1.54) is 0 Å². The van der Waals surface area contributed by atoms with Gasteiger partial charge in [-0.2, -0.15) is 0 Å². The van der Waals surface area contributed by atoms with E-state index in [-0.39, 0.29) is 6.54 Å². The van der Waals surface area contributed by atoms with E-state index in [4.69, 9.17) is 15.0 Å². The highest BCUT2D eigenvalue weighted by Gasteiger charge is 2.52. The molecule has 1 fully saturated rings. The molecule has 2 aliphatic rings. The van der Waals surface area contributed by atoms with Crippen molar-refractivity contribution in [1.82, 2.24) is 0 Å². The number of carbonyl (C=O) groups excluding carboxylic acids is 2. The van der Waals surface area contributed by atoms with Crippen molar-refractivity contribution in [3.05, 3.63) is 34.8 Å². The van der Waals surface area contributed by atoms with Crippen molar-refractivity contribution in [2.24, 2.45) is 5.73 Å². The Bertz CT molecular complexity index is 739. The van der Waals surface area contributed by atoms with Gasteiger partial charge in [0.2, 0.25) is 0 Å². The molecule has 0 saturated carbocycles. The van der Waals surface area contributed by atoms with Gasteiger partial charge in [0, 0.05) is 6.54 Å². The number of benzene rings is 1. The van der Waals surface area contributed by atoms with E-state index < -0.39 is 30.0 Å². The summed E-state index contributed by atoms with van der Waals surface area (Å²) < 4.78 is 12.1. The summed E-state index contributed by atoms with van der Waals surface area (Å²) in [5.41, 5.74) is 7.31. The molecule has 3 rings (SSSR count). The molecule has 2 heterocycles. The molecule has 0 unspecified atom stereocenters. The number of Topliss-reactive ketones (excluding diaryl/α,β-unsaturated/α-hetero) is 1. The SMILES string of the molecule is CC1(C)OB(C(=Cc2cccc3c2NC(=O)C3=O)CN)OC1(C)C. The van der Waals surface area contributed by atoms with Crippen molar-refractivity contribution in [1.29, 1.82) is 0 Å². The first kappa shape index (κ1) is 16.9. The molecular formula is C17H21BN2O4. The average molecular weight is 328 g/mol. The van der Waals surface area contributed by atoms with E-state index in [0.29, 0.717) is 16.8 Å². The zero-order chi connectivity index (χ0) is 17.7. The summed E-state index contributed by atoms with van der Waals surface area (Å²) in [7, 11) is -0.566. The van der Waals surface area contributed by atoms with Crippen LogP contribution in [-0.4, -0.2) is 36.6 Å². The Balaban J connectivity index is 1.97. The highest BCUT2D eigenvalue weighted by atomic mass is 16.7. The average Bonchev–Trinajstić information content (AvgIpc) is 2.91. The summed E-state index contributed by atoms with van der Waals surface area (Å²) in [5, 5.41) is 2.61. The van der Waals surface area contributed by atoms with Gasteiger partial charge in [0.05, 0.1) is 22.5 Å². The van der Waals surface area contributed by atoms with Crippen LogP contribution in [0, 0.1) is 0 Å². The number of ketones is 1. The molecule has 1 aromatic carbocycles. The molecule has 1 amide bonds. The van der Waals surface area contributed by atoms with E-state index in [1.807, 2.05) is 39.8 Å². The van der Waals surface area contributed by atoms with Gasteiger partial charge in [-0.1, -0.05) is 18.2 Å². The zero-order valence-corrected chi connectivity index (χ0v) is 14.3. The van der Waals surface area contributed by atoms with Crippen LogP contribution in [0.1, 0.15) is 43.6 Å². The van der Waals surface area contributed by atoms with Crippen LogP contribution in [0.3, 0.4) is 0 Å². The molecule has 1 aromatic rings. The molecule has 0 atom stereocenters. The van der Waals surface area contributed by atoms with Gasteiger partial charge in [-0.15, -0.1) is 0 Å². The molecule has 0 radical (unpaired) electrons. The number of nitrogens with one attached hydrogen (secondary N) is 1. The lowest BCUT2D eigenvalue weighted by Crippen LogP contribution is -2.41. The van der Waals surface area contributed by atoms with E-state index >= 15 is 0 Å². The maximum Gasteiger partial charge on any atom is 0.491 e. The van der Waals surface area contributed by atoms with Crippen LogP contribution in [0.2, 0.25) is 0 Å². The smallest absolute Gasteiger partial charge is 0.400 e. The summed E-state index contributed by atoms with van der Waals surface area (Å²) in [6, 6.07) is 5.18. The van der Waals surface area contributed by atoms with Gasteiger partial charge in [-0.25, -0.2) is 0 Å². The van der Waals surface area contributed by atoms with Crippen molar-refractivity contribution in [2.75, 3.05) is 11.9 Å². The monoisotopic (exact) mass is 328 g/mol. The third kappa shape index (κ3) is 2.58. The molecule has 3 N–H and O–H groups in total. The predicted molar refractivity (Wildman–Crippen MR) is 92.5 cm³/mol. The first-order valence-corrected chi connectivity index (χ1v) is 7.91. The van der Waals surface area contributed by atoms with Crippen LogP contribution in [0.5, 0.6) is 0 Å². The summed E-state index contributed by atoms with van der Waals surface area (Å²) >= 11 is 0. The molecule has 0 bridgehead atoms. The maximum absolute atomic E-state index is 11.8. The Labute approximate surface area is 141 Å². The van der Waals surface area contributed by atoms with Gasteiger partial charge in [0.15, 0.2) is 0 Å². The molecule has 0 spiro atoms. The lowest BCUT2D eigenvalue weighted by Gasteiger charge is -2.32. The second-order valence-corrected chi connectivity index (χ2v) is 7.06. The summed E-state index contributed by atoms with van der Waals surface area (Å²) in [6.45, 7) is 8.13. The number of para-hydroxylation sites is 1. The van der Waals surface area contributed by atoms with Gasteiger partial charge < -0.3 is 20.4 Å². The summed E-state index contributed by atoms with van der Waals surface area (Å²) in [4.78, 5) is 23.4. The fourth-order valence-corrected chi connectivity index (χ4v) is 2.73. The molecule has 6 nitrogen and oxygen atoms in total. The van der Waals surface area contributed by atoms with Crippen LogP contribution >= 0.6 is 0 Å². The number of rotatable bonds is 3. The van der Waals surface area contributed by atoms with Crippen molar-refractivity contribution in [3.63, 3.8) is 0 Å². The topological polar surface area (TPSA) is 90.7 Å². The van der Waals surface area contributed by atoms with Crippen molar-refractivity contribution >= 4 is 30.6 Å². The van der Waals surface area contributed by atoms with Gasteiger partial charge in [-0.05, 0) is 44.8 Å². The predicted octanol–water partition coefficient (Wildman–Crippen LogP) is 1.79. The van der Waals surface area contributed by atoms with Gasteiger partial charge in [0.25, 0.3) is 11.7 Å². The second-order valence-electron chi connectivity index (χ2n) is 7.06. The lowest BCUT2D eigenvalue weighted by molar-refractivity contribution is -0.112. The highest BCUT2D eigenvalue weighted by Crippen LogP contribution is 2.39. The Morgan fingerprint density at radius 3 is 2.42 bits per heavy atom. The summed E-state index contributed by atoms with van der Waals surface area (Å²) in [5.74, 6) is -1.14.